The molecule has 0 saturated heterocycles. The zero-order valence-corrected chi connectivity index (χ0v) is 5.62. The highest BCUT2D eigenvalue weighted by Gasteiger charge is 1.93. The fourth-order valence-corrected chi connectivity index (χ4v) is 0.798. The topological polar surface area (TPSA) is 56.5 Å². The van der Waals surface area contributed by atoms with Gasteiger partial charge in [0.25, 0.3) is 0 Å². The van der Waals surface area contributed by atoms with Gasteiger partial charge in [-0.1, -0.05) is 0 Å². The smallest absolute Gasteiger partial charge is 0.181 e. The molecule has 0 aromatic carbocycles. The molecule has 0 fully saturated rings. The summed E-state index contributed by atoms with van der Waals surface area (Å²) in [6.45, 7) is 0. The number of aromatic nitrogens is 5. The average Bonchev–Trinajstić information content (AvgIpc) is 2.58. The number of hydrogen-bond acceptors (Lipinski definition) is 4. The molecule has 0 N–H and O–H groups in total. The maximum absolute atomic E-state index is 3.76. The van der Waals surface area contributed by atoms with Crippen molar-refractivity contribution in [3.05, 3.63) is 30.7 Å². The molecule has 54 valence electrons. The highest BCUT2D eigenvalue weighted by Crippen LogP contribution is 1.98. The predicted molar refractivity (Wildman–Crippen MR) is 36.9 cm³/mol. The van der Waals surface area contributed by atoms with Crippen LogP contribution in [0, 0.1) is 0 Å². The van der Waals surface area contributed by atoms with E-state index in [1.807, 2.05) is 29.1 Å². The lowest BCUT2D eigenvalue weighted by Gasteiger charge is -1.95. The number of rotatable bonds is 1. The van der Waals surface area contributed by atoms with E-state index in [1.54, 1.807) is 6.20 Å². The Morgan fingerprint density at radius 3 is 2.55 bits per heavy atom. The van der Waals surface area contributed by atoms with Crippen LogP contribution in [0.2, 0.25) is 0 Å². The van der Waals surface area contributed by atoms with Crippen molar-refractivity contribution in [1.82, 2.24) is 25.2 Å². The van der Waals surface area contributed by atoms with Gasteiger partial charge >= 0.3 is 0 Å². The molecule has 0 spiro atoms. The summed E-state index contributed by atoms with van der Waals surface area (Å²) < 4.78 is 1.81. The van der Waals surface area contributed by atoms with Crippen molar-refractivity contribution in [2.24, 2.45) is 0 Å². The third-order valence-electron chi connectivity index (χ3n) is 1.28. The minimum Gasteiger partial charge on any atom is -0.306 e. The molecule has 0 aliphatic carbocycles. The molecule has 2 aromatic rings. The molecule has 0 saturated carbocycles. The van der Waals surface area contributed by atoms with Gasteiger partial charge in [-0.05, 0) is 22.6 Å². The normalized spacial score (nSPS) is 9.82. The SMILES string of the molecule is c1ccn(-c2cnnnn2)c1. The van der Waals surface area contributed by atoms with E-state index in [1.165, 1.54) is 0 Å². The summed E-state index contributed by atoms with van der Waals surface area (Å²) in [6, 6.07) is 3.81. The molecular weight excluding hydrogens is 142 g/mol. The summed E-state index contributed by atoms with van der Waals surface area (Å²) in [4.78, 5) is 0. The van der Waals surface area contributed by atoms with Crippen molar-refractivity contribution in [1.29, 1.82) is 0 Å². The van der Waals surface area contributed by atoms with Crippen LogP contribution in [0.15, 0.2) is 30.7 Å². The first-order chi connectivity index (χ1) is 5.47. The van der Waals surface area contributed by atoms with Gasteiger partial charge in [0.15, 0.2) is 5.82 Å². The summed E-state index contributed by atoms with van der Waals surface area (Å²) in [7, 11) is 0. The van der Waals surface area contributed by atoms with Crippen molar-refractivity contribution in [2.75, 3.05) is 0 Å². The Labute approximate surface area is 62.7 Å². The van der Waals surface area contributed by atoms with Gasteiger partial charge in [-0.2, -0.15) is 0 Å². The molecule has 5 nitrogen and oxygen atoms in total. The van der Waals surface area contributed by atoms with Crippen molar-refractivity contribution >= 4 is 0 Å². The first-order valence-corrected chi connectivity index (χ1v) is 3.11. The van der Waals surface area contributed by atoms with Crippen molar-refractivity contribution in [3.8, 4) is 5.82 Å². The molecule has 2 aromatic heterocycles. The summed E-state index contributed by atoms with van der Waals surface area (Å²) in [5.74, 6) is 0.671. The van der Waals surface area contributed by atoms with Gasteiger partial charge in [0.05, 0.1) is 6.20 Å². The molecule has 0 unspecified atom stereocenters. The van der Waals surface area contributed by atoms with E-state index in [2.05, 4.69) is 20.6 Å². The third kappa shape index (κ3) is 1.07. The molecular formula is C6H5N5. The summed E-state index contributed by atoms with van der Waals surface area (Å²) in [6.07, 6.45) is 5.28. The van der Waals surface area contributed by atoms with Crippen LogP contribution in [0.25, 0.3) is 5.82 Å². The Morgan fingerprint density at radius 1 is 1.09 bits per heavy atom. The lowest BCUT2D eigenvalue weighted by Crippen LogP contribution is -1.98. The lowest BCUT2D eigenvalue weighted by molar-refractivity contribution is 0.735. The monoisotopic (exact) mass is 147 g/mol. The highest BCUT2D eigenvalue weighted by molar-refractivity contribution is 5.16. The van der Waals surface area contributed by atoms with E-state index in [0.29, 0.717) is 5.82 Å². The van der Waals surface area contributed by atoms with Gasteiger partial charge in [0, 0.05) is 12.4 Å². The number of nitrogens with zero attached hydrogens (tertiary/aromatic N) is 5. The maximum atomic E-state index is 3.76. The first kappa shape index (κ1) is 5.96. The Balaban J connectivity index is 2.46. The predicted octanol–water partition coefficient (Wildman–Crippen LogP) is 0.0573. The van der Waals surface area contributed by atoms with Crippen molar-refractivity contribution in [3.63, 3.8) is 0 Å². The van der Waals surface area contributed by atoms with Gasteiger partial charge in [0.1, 0.15) is 0 Å². The van der Waals surface area contributed by atoms with E-state index < -0.39 is 0 Å². The lowest BCUT2D eigenvalue weighted by atomic mass is 10.7. The van der Waals surface area contributed by atoms with Crippen LogP contribution in [-0.2, 0) is 0 Å². The zero-order chi connectivity index (χ0) is 7.52. The van der Waals surface area contributed by atoms with E-state index in [9.17, 15) is 0 Å². The zero-order valence-electron chi connectivity index (χ0n) is 5.62. The van der Waals surface area contributed by atoms with E-state index in [4.69, 9.17) is 0 Å². The minimum absolute atomic E-state index is 0.671. The standard InChI is InChI=1S/C6H5N5/c1-2-4-11(3-1)6-5-7-9-10-8-6/h1-5H. The summed E-state index contributed by atoms with van der Waals surface area (Å²) in [5, 5.41) is 14.1. The van der Waals surface area contributed by atoms with Crippen LogP contribution in [-0.4, -0.2) is 25.2 Å². The largest absolute Gasteiger partial charge is 0.306 e. The van der Waals surface area contributed by atoms with Crippen molar-refractivity contribution < 1.29 is 0 Å². The third-order valence-corrected chi connectivity index (χ3v) is 1.28. The maximum Gasteiger partial charge on any atom is 0.181 e. The Morgan fingerprint density at radius 2 is 1.91 bits per heavy atom. The average molecular weight is 147 g/mol. The molecule has 0 amide bonds. The molecule has 2 rings (SSSR count). The second kappa shape index (κ2) is 2.45. The number of hydrogen-bond donors (Lipinski definition) is 0. The molecule has 2 heterocycles. The second-order valence-corrected chi connectivity index (χ2v) is 1.97. The summed E-state index contributed by atoms with van der Waals surface area (Å²) >= 11 is 0. The molecule has 0 atom stereocenters. The van der Waals surface area contributed by atoms with E-state index in [-0.39, 0.29) is 0 Å². The molecule has 11 heavy (non-hydrogen) atoms. The highest BCUT2D eigenvalue weighted by atomic mass is 15.4. The van der Waals surface area contributed by atoms with Gasteiger partial charge in [-0.3, -0.25) is 0 Å². The van der Waals surface area contributed by atoms with Crippen LogP contribution in [0.5, 0.6) is 0 Å². The molecule has 0 radical (unpaired) electrons. The van der Waals surface area contributed by atoms with Crippen LogP contribution in [0.3, 0.4) is 0 Å². The Bertz CT molecular complexity index is 314. The van der Waals surface area contributed by atoms with Gasteiger partial charge in [-0.15, -0.1) is 10.2 Å². The molecule has 0 aliphatic rings. The fraction of sp³-hybridized carbons (Fsp3) is 0. The van der Waals surface area contributed by atoms with Gasteiger partial charge in [-0.25, -0.2) is 0 Å². The van der Waals surface area contributed by atoms with Crippen molar-refractivity contribution in [2.45, 2.75) is 0 Å². The minimum atomic E-state index is 0.671. The quantitative estimate of drug-likeness (QED) is 0.572. The Kier molecular flexibility index (Phi) is 1.33. The molecule has 5 heteroatoms. The second-order valence-electron chi connectivity index (χ2n) is 1.97. The molecule has 0 aliphatic heterocycles. The van der Waals surface area contributed by atoms with E-state index in [0.717, 1.165) is 0 Å². The first-order valence-electron chi connectivity index (χ1n) is 3.11. The van der Waals surface area contributed by atoms with Crippen LogP contribution in [0.4, 0.5) is 0 Å². The van der Waals surface area contributed by atoms with Crippen LogP contribution < -0.4 is 0 Å². The Hall–Kier alpha value is -1.78. The molecule has 0 bridgehead atoms. The van der Waals surface area contributed by atoms with Crippen LogP contribution >= 0.6 is 0 Å². The summed E-state index contributed by atoms with van der Waals surface area (Å²) in [5.41, 5.74) is 0. The van der Waals surface area contributed by atoms with Gasteiger partial charge in [0.2, 0.25) is 0 Å². The van der Waals surface area contributed by atoms with Crippen LogP contribution in [0.1, 0.15) is 0 Å². The fourth-order valence-electron chi connectivity index (χ4n) is 0.798. The van der Waals surface area contributed by atoms with E-state index >= 15 is 0 Å². The van der Waals surface area contributed by atoms with Gasteiger partial charge < -0.3 is 4.57 Å².